The van der Waals surface area contributed by atoms with Crippen LogP contribution in [-0.4, -0.2) is 23.9 Å². The maximum atomic E-state index is 11.7. The number of amides is 1. The Morgan fingerprint density at radius 1 is 1.38 bits per heavy atom. The van der Waals surface area contributed by atoms with Gasteiger partial charge in [0, 0.05) is 25.4 Å². The molecule has 0 unspecified atom stereocenters. The number of carbonyl (C=O) groups excluding carboxylic acids is 1. The van der Waals surface area contributed by atoms with Crippen molar-refractivity contribution < 1.29 is 4.79 Å². The van der Waals surface area contributed by atoms with Crippen LogP contribution in [0.5, 0.6) is 0 Å². The molecule has 2 rings (SSSR count). The van der Waals surface area contributed by atoms with Gasteiger partial charge in [-0.25, -0.2) is 0 Å². The second-order valence-corrected chi connectivity index (χ2v) is 4.57. The van der Waals surface area contributed by atoms with E-state index >= 15 is 0 Å². The third-order valence-electron chi connectivity index (χ3n) is 3.34. The molecule has 0 bridgehead atoms. The zero-order valence-corrected chi connectivity index (χ0v) is 10.0. The van der Waals surface area contributed by atoms with E-state index in [1.54, 1.807) is 0 Å². The topological polar surface area (TPSA) is 20.3 Å². The van der Waals surface area contributed by atoms with Crippen LogP contribution in [0, 0.1) is 0 Å². The van der Waals surface area contributed by atoms with E-state index in [-0.39, 0.29) is 5.91 Å². The predicted molar refractivity (Wildman–Crippen MR) is 65.3 cm³/mol. The van der Waals surface area contributed by atoms with Crippen molar-refractivity contribution in [3.63, 3.8) is 0 Å². The second kappa shape index (κ2) is 4.69. The van der Waals surface area contributed by atoms with Gasteiger partial charge in [-0.2, -0.15) is 0 Å². The molecule has 0 heterocycles. The number of nitrogens with zero attached hydrogens (tertiary/aromatic N) is 1. The molecule has 0 radical (unpaired) electrons. The van der Waals surface area contributed by atoms with E-state index in [4.69, 9.17) is 0 Å². The molecule has 16 heavy (non-hydrogen) atoms. The molecule has 0 aromatic heterocycles. The van der Waals surface area contributed by atoms with Crippen molar-refractivity contribution in [1.82, 2.24) is 4.90 Å². The van der Waals surface area contributed by atoms with Gasteiger partial charge in [0.05, 0.1) is 0 Å². The van der Waals surface area contributed by atoms with Gasteiger partial charge in [-0.1, -0.05) is 37.3 Å². The van der Waals surface area contributed by atoms with E-state index in [1.165, 1.54) is 5.56 Å². The Hall–Kier alpha value is -1.31. The highest BCUT2D eigenvalue weighted by atomic mass is 16.2. The molecule has 1 amide bonds. The summed E-state index contributed by atoms with van der Waals surface area (Å²) in [5, 5.41) is 0. The molecule has 1 saturated carbocycles. The first-order valence-corrected chi connectivity index (χ1v) is 6.04. The van der Waals surface area contributed by atoms with Crippen LogP contribution in [0.2, 0.25) is 0 Å². The first-order chi connectivity index (χ1) is 7.74. The highest BCUT2D eigenvalue weighted by Crippen LogP contribution is 2.44. The molecular formula is C14H19NO. The zero-order chi connectivity index (χ0) is 11.5. The van der Waals surface area contributed by atoms with Crippen LogP contribution in [0.3, 0.4) is 0 Å². The van der Waals surface area contributed by atoms with Crippen molar-refractivity contribution >= 4 is 5.91 Å². The normalized spacial score (nSPS) is 22.9. The third kappa shape index (κ3) is 2.26. The van der Waals surface area contributed by atoms with Gasteiger partial charge in [0.2, 0.25) is 5.91 Å². The molecule has 0 aliphatic heterocycles. The minimum Gasteiger partial charge on any atom is -0.342 e. The van der Waals surface area contributed by atoms with Crippen molar-refractivity contribution in [2.24, 2.45) is 0 Å². The number of hydrogen-bond donors (Lipinski definition) is 0. The minimum absolute atomic E-state index is 0.283. The lowest BCUT2D eigenvalue weighted by Gasteiger charge is -2.17. The highest BCUT2D eigenvalue weighted by molar-refractivity contribution is 5.76. The predicted octanol–water partition coefficient (Wildman–Crippen LogP) is 2.80. The summed E-state index contributed by atoms with van der Waals surface area (Å²) in [6.45, 7) is 2.05. The summed E-state index contributed by atoms with van der Waals surface area (Å²) in [5.74, 6) is 0.845. The average Bonchev–Trinajstić information content (AvgIpc) is 3.09. The van der Waals surface area contributed by atoms with Gasteiger partial charge >= 0.3 is 0 Å². The van der Waals surface area contributed by atoms with Gasteiger partial charge in [-0.3, -0.25) is 4.79 Å². The number of benzene rings is 1. The van der Waals surface area contributed by atoms with E-state index < -0.39 is 0 Å². The molecule has 1 aliphatic rings. The fourth-order valence-corrected chi connectivity index (χ4v) is 2.24. The number of carbonyl (C=O) groups is 1. The van der Waals surface area contributed by atoms with Crippen LogP contribution >= 0.6 is 0 Å². The Bertz CT molecular complexity index is 360. The fourth-order valence-electron chi connectivity index (χ4n) is 2.24. The van der Waals surface area contributed by atoms with Gasteiger partial charge in [-0.15, -0.1) is 0 Å². The Balaban J connectivity index is 1.94. The SMILES string of the molecule is CCCC(=O)N(C)[C@@H]1C[C@H]1c1ccccc1. The molecule has 1 aliphatic carbocycles. The molecule has 1 aromatic carbocycles. The van der Waals surface area contributed by atoms with Crippen molar-refractivity contribution in [3.8, 4) is 0 Å². The highest BCUT2D eigenvalue weighted by Gasteiger charge is 2.42. The molecule has 0 saturated heterocycles. The number of likely N-dealkylation sites (N-methyl/N-ethyl adjacent to an activating group) is 1. The third-order valence-corrected chi connectivity index (χ3v) is 3.34. The molecule has 0 spiro atoms. The van der Waals surface area contributed by atoms with E-state index in [0.717, 1.165) is 12.8 Å². The second-order valence-electron chi connectivity index (χ2n) is 4.57. The summed E-state index contributed by atoms with van der Waals surface area (Å²) in [4.78, 5) is 13.7. The van der Waals surface area contributed by atoms with E-state index in [2.05, 4.69) is 24.3 Å². The Labute approximate surface area is 97.3 Å². The van der Waals surface area contributed by atoms with Crippen molar-refractivity contribution in [3.05, 3.63) is 35.9 Å². The van der Waals surface area contributed by atoms with E-state index in [1.807, 2.05) is 24.9 Å². The van der Waals surface area contributed by atoms with Gasteiger partial charge in [0.15, 0.2) is 0 Å². The minimum atomic E-state index is 0.283. The Morgan fingerprint density at radius 2 is 2.06 bits per heavy atom. The fraction of sp³-hybridized carbons (Fsp3) is 0.500. The first-order valence-electron chi connectivity index (χ1n) is 6.04. The van der Waals surface area contributed by atoms with Gasteiger partial charge < -0.3 is 4.90 Å². The quantitative estimate of drug-likeness (QED) is 0.759. The molecule has 86 valence electrons. The first kappa shape index (κ1) is 11.2. The van der Waals surface area contributed by atoms with Crippen LogP contribution < -0.4 is 0 Å². The monoisotopic (exact) mass is 217 g/mol. The molecular weight excluding hydrogens is 198 g/mol. The molecule has 0 N–H and O–H groups in total. The summed E-state index contributed by atoms with van der Waals surface area (Å²) in [6.07, 6.45) is 2.73. The van der Waals surface area contributed by atoms with Gasteiger partial charge in [0.1, 0.15) is 0 Å². The molecule has 1 aromatic rings. The summed E-state index contributed by atoms with van der Waals surface area (Å²) >= 11 is 0. The smallest absolute Gasteiger partial charge is 0.222 e. The summed E-state index contributed by atoms with van der Waals surface area (Å²) < 4.78 is 0. The van der Waals surface area contributed by atoms with Crippen LogP contribution in [0.4, 0.5) is 0 Å². The van der Waals surface area contributed by atoms with Crippen molar-refractivity contribution in [2.45, 2.75) is 38.1 Å². The molecule has 2 nitrogen and oxygen atoms in total. The lowest BCUT2D eigenvalue weighted by Crippen LogP contribution is -2.29. The maximum Gasteiger partial charge on any atom is 0.222 e. The van der Waals surface area contributed by atoms with Crippen molar-refractivity contribution in [1.29, 1.82) is 0 Å². The van der Waals surface area contributed by atoms with Gasteiger partial charge in [0.25, 0.3) is 0 Å². The largest absolute Gasteiger partial charge is 0.342 e. The van der Waals surface area contributed by atoms with Crippen LogP contribution in [0.1, 0.15) is 37.7 Å². The standard InChI is InChI=1S/C14H19NO/c1-3-7-14(16)15(2)13-10-12(13)11-8-5-4-6-9-11/h4-6,8-9,12-13H,3,7,10H2,1-2H3/t12-,13+/m0/s1. The van der Waals surface area contributed by atoms with Crippen molar-refractivity contribution in [2.75, 3.05) is 7.05 Å². The number of hydrogen-bond acceptors (Lipinski definition) is 1. The van der Waals surface area contributed by atoms with E-state index in [0.29, 0.717) is 18.4 Å². The summed E-state index contributed by atoms with van der Waals surface area (Å²) in [5.41, 5.74) is 1.36. The lowest BCUT2D eigenvalue weighted by atomic mass is 10.1. The summed E-state index contributed by atoms with van der Waals surface area (Å²) in [6, 6.07) is 10.9. The molecule has 2 atom stereocenters. The zero-order valence-electron chi connectivity index (χ0n) is 10.0. The number of rotatable bonds is 4. The van der Waals surface area contributed by atoms with Crippen LogP contribution in [-0.2, 0) is 4.79 Å². The average molecular weight is 217 g/mol. The van der Waals surface area contributed by atoms with Crippen LogP contribution in [0.25, 0.3) is 0 Å². The van der Waals surface area contributed by atoms with Gasteiger partial charge in [-0.05, 0) is 18.4 Å². The Morgan fingerprint density at radius 3 is 2.69 bits per heavy atom. The lowest BCUT2D eigenvalue weighted by molar-refractivity contribution is -0.130. The summed E-state index contributed by atoms with van der Waals surface area (Å²) in [7, 11) is 1.94. The Kier molecular flexibility index (Phi) is 3.28. The van der Waals surface area contributed by atoms with E-state index in [9.17, 15) is 4.79 Å². The maximum absolute atomic E-state index is 11.7. The molecule has 1 fully saturated rings. The molecule has 2 heteroatoms. The van der Waals surface area contributed by atoms with Crippen LogP contribution in [0.15, 0.2) is 30.3 Å².